The first-order chi connectivity index (χ1) is 9.06. The van der Waals surface area contributed by atoms with Crippen LogP contribution in [0.25, 0.3) is 0 Å². The van der Waals surface area contributed by atoms with Crippen molar-refractivity contribution in [1.29, 1.82) is 0 Å². The molecule has 1 atom stereocenters. The van der Waals surface area contributed by atoms with Crippen LogP contribution in [0.5, 0.6) is 0 Å². The van der Waals surface area contributed by atoms with Crippen molar-refractivity contribution in [3.63, 3.8) is 0 Å². The number of halogens is 2. The standard InChI is InChI=1S/C14H14Br2N2S/c1-9(17)7-10-4-5-13(12(16)8-10)19-14-11(15)3-2-6-18-14/h2-6,8-9H,7,17H2,1H3. The van der Waals surface area contributed by atoms with E-state index in [0.717, 1.165) is 25.3 Å². The Bertz CT molecular complexity index is 573. The quantitative estimate of drug-likeness (QED) is 0.810. The molecule has 0 bridgehead atoms. The normalized spacial score (nSPS) is 12.4. The van der Waals surface area contributed by atoms with Crippen LogP contribution in [-0.2, 0) is 6.42 Å². The number of aromatic nitrogens is 1. The highest BCUT2D eigenvalue weighted by Gasteiger charge is 2.08. The second-order valence-electron chi connectivity index (χ2n) is 4.34. The van der Waals surface area contributed by atoms with Crippen LogP contribution in [0.4, 0.5) is 0 Å². The van der Waals surface area contributed by atoms with Crippen molar-refractivity contribution >= 4 is 43.6 Å². The maximum atomic E-state index is 5.82. The fraction of sp³-hybridized carbons (Fsp3) is 0.214. The molecule has 0 aliphatic carbocycles. The highest BCUT2D eigenvalue weighted by atomic mass is 79.9. The Morgan fingerprint density at radius 3 is 2.68 bits per heavy atom. The summed E-state index contributed by atoms with van der Waals surface area (Å²) in [6.45, 7) is 2.02. The minimum absolute atomic E-state index is 0.176. The van der Waals surface area contributed by atoms with Gasteiger partial charge in [-0.3, -0.25) is 0 Å². The van der Waals surface area contributed by atoms with Crippen molar-refractivity contribution in [1.82, 2.24) is 4.98 Å². The van der Waals surface area contributed by atoms with Crippen LogP contribution in [0.2, 0.25) is 0 Å². The number of hydrogen-bond donors (Lipinski definition) is 1. The average Bonchev–Trinajstić information content (AvgIpc) is 2.34. The molecule has 2 N–H and O–H groups in total. The lowest BCUT2D eigenvalue weighted by molar-refractivity contribution is 0.737. The first-order valence-corrected chi connectivity index (χ1v) is 8.29. The van der Waals surface area contributed by atoms with Crippen molar-refractivity contribution in [3.05, 3.63) is 51.0 Å². The Kier molecular flexibility index (Phi) is 5.45. The summed E-state index contributed by atoms with van der Waals surface area (Å²) < 4.78 is 2.08. The van der Waals surface area contributed by atoms with E-state index in [0.29, 0.717) is 0 Å². The minimum Gasteiger partial charge on any atom is -0.328 e. The van der Waals surface area contributed by atoms with Gasteiger partial charge in [0.2, 0.25) is 0 Å². The summed E-state index contributed by atoms with van der Waals surface area (Å²) in [5.74, 6) is 0. The van der Waals surface area contributed by atoms with Gasteiger partial charge in [0.25, 0.3) is 0 Å². The number of pyridine rings is 1. The number of benzene rings is 1. The number of nitrogens with zero attached hydrogens (tertiary/aromatic N) is 1. The second kappa shape index (κ2) is 6.88. The maximum absolute atomic E-state index is 5.82. The van der Waals surface area contributed by atoms with E-state index in [4.69, 9.17) is 5.73 Å². The number of hydrogen-bond acceptors (Lipinski definition) is 3. The average molecular weight is 402 g/mol. The highest BCUT2D eigenvalue weighted by Crippen LogP contribution is 2.36. The molecule has 0 saturated carbocycles. The van der Waals surface area contributed by atoms with Gasteiger partial charge in [0.15, 0.2) is 0 Å². The molecule has 1 aromatic carbocycles. The van der Waals surface area contributed by atoms with Gasteiger partial charge in [-0.05, 0) is 75.0 Å². The van der Waals surface area contributed by atoms with Crippen molar-refractivity contribution < 1.29 is 0 Å². The molecular weight excluding hydrogens is 388 g/mol. The lowest BCUT2D eigenvalue weighted by Gasteiger charge is -2.09. The van der Waals surface area contributed by atoms with E-state index in [1.54, 1.807) is 18.0 Å². The van der Waals surface area contributed by atoms with Crippen molar-refractivity contribution in [2.45, 2.75) is 29.3 Å². The van der Waals surface area contributed by atoms with Gasteiger partial charge < -0.3 is 5.73 Å². The van der Waals surface area contributed by atoms with E-state index in [1.165, 1.54) is 5.56 Å². The molecule has 19 heavy (non-hydrogen) atoms. The third kappa shape index (κ3) is 4.31. The largest absolute Gasteiger partial charge is 0.328 e. The zero-order valence-electron chi connectivity index (χ0n) is 10.4. The van der Waals surface area contributed by atoms with E-state index >= 15 is 0 Å². The first-order valence-electron chi connectivity index (χ1n) is 5.88. The monoisotopic (exact) mass is 400 g/mol. The Labute approximate surface area is 134 Å². The molecule has 1 unspecified atom stereocenters. The molecule has 0 saturated heterocycles. The van der Waals surface area contributed by atoms with Gasteiger partial charge in [0.05, 0.1) is 4.47 Å². The van der Waals surface area contributed by atoms with Crippen LogP contribution in [0.3, 0.4) is 0 Å². The zero-order chi connectivity index (χ0) is 13.8. The smallest absolute Gasteiger partial charge is 0.115 e. The van der Waals surface area contributed by atoms with Crippen LogP contribution in [-0.4, -0.2) is 11.0 Å². The van der Waals surface area contributed by atoms with Gasteiger partial charge in [-0.15, -0.1) is 0 Å². The molecule has 2 rings (SSSR count). The summed E-state index contributed by atoms with van der Waals surface area (Å²) in [7, 11) is 0. The molecule has 1 aromatic heterocycles. The molecule has 2 nitrogen and oxygen atoms in total. The van der Waals surface area contributed by atoms with Gasteiger partial charge in [-0.1, -0.05) is 17.8 Å². The molecule has 0 spiro atoms. The Hall–Kier alpha value is -0.360. The van der Waals surface area contributed by atoms with Gasteiger partial charge >= 0.3 is 0 Å². The molecular formula is C14H14Br2N2S. The number of rotatable bonds is 4. The van der Waals surface area contributed by atoms with E-state index < -0.39 is 0 Å². The fourth-order valence-corrected chi connectivity index (χ4v) is 3.62. The van der Waals surface area contributed by atoms with E-state index in [-0.39, 0.29) is 6.04 Å². The van der Waals surface area contributed by atoms with Gasteiger partial charge in [0, 0.05) is 21.6 Å². The van der Waals surface area contributed by atoms with Crippen LogP contribution in [0, 0.1) is 0 Å². The molecule has 2 aromatic rings. The van der Waals surface area contributed by atoms with Gasteiger partial charge in [-0.25, -0.2) is 4.98 Å². The Balaban J connectivity index is 2.20. The molecule has 1 heterocycles. The summed E-state index contributed by atoms with van der Waals surface area (Å²) in [5.41, 5.74) is 7.06. The molecule has 0 aliphatic rings. The van der Waals surface area contributed by atoms with E-state index in [2.05, 4.69) is 55.0 Å². The van der Waals surface area contributed by atoms with Gasteiger partial charge in [0.1, 0.15) is 5.03 Å². The van der Waals surface area contributed by atoms with Crippen molar-refractivity contribution in [2.24, 2.45) is 5.73 Å². The van der Waals surface area contributed by atoms with Gasteiger partial charge in [-0.2, -0.15) is 0 Å². The fourth-order valence-electron chi connectivity index (χ4n) is 1.68. The van der Waals surface area contributed by atoms with E-state index in [1.807, 2.05) is 19.1 Å². The number of nitrogens with two attached hydrogens (primary N) is 1. The molecule has 5 heteroatoms. The van der Waals surface area contributed by atoms with Crippen molar-refractivity contribution in [2.75, 3.05) is 0 Å². The van der Waals surface area contributed by atoms with E-state index in [9.17, 15) is 0 Å². The topological polar surface area (TPSA) is 38.9 Å². The predicted molar refractivity (Wildman–Crippen MR) is 87.6 cm³/mol. The lowest BCUT2D eigenvalue weighted by Crippen LogP contribution is -2.17. The predicted octanol–water partition coefficient (Wildman–Crippen LogP) is 4.65. The van der Waals surface area contributed by atoms with Crippen molar-refractivity contribution in [3.8, 4) is 0 Å². The third-order valence-electron chi connectivity index (χ3n) is 2.49. The zero-order valence-corrected chi connectivity index (χ0v) is 14.4. The highest BCUT2D eigenvalue weighted by molar-refractivity contribution is 9.11. The minimum atomic E-state index is 0.176. The maximum Gasteiger partial charge on any atom is 0.115 e. The van der Waals surface area contributed by atoms with Crippen LogP contribution in [0.15, 0.2) is 55.4 Å². The molecule has 0 amide bonds. The first kappa shape index (κ1) is 15.0. The SMILES string of the molecule is CC(N)Cc1ccc(Sc2ncccc2Br)c(Br)c1. The third-order valence-corrected chi connectivity index (χ3v) is 5.40. The lowest BCUT2D eigenvalue weighted by atomic mass is 10.1. The summed E-state index contributed by atoms with van der Waals surface area (Å²) in [6.07, 6.45) is 2.68. The molecule has 0 fully saturated rings. The molecule has 0 aliphatic heterocycles. The van der Waals surface area contributed by atoms with Crippen LogP contribution >= 0.6 is 43.6 Å². The van der Waals surface area contributed by atoms with Crippen LogP contribution in [0.1, 0.15) is 12.5 Å². The second-order valence-corrected chi connectivity index (χ2v) is 7.08. The summed E-state index contributed by atoms with van der Waals surface area (Å²) in [5, 5.41) is 0.961. The van der Waals surface area contributed by atoms with Crippen LogP contribution < -0.4 is 5.73 Å². The molecule has 0 radical (unpaired) electrons. The Morgan fingerprint density at radius 1 is 1.26 bits per heavy atom. The Morgan fingerprint density at radius 2 is 2.05 bits per heavy atom. The summed E-state index contributed by atoms with van der Waals surface area (Å²) in [4.78, 5) is 5.51. The summed E-state index contributed by atoms with van der Waals surface area (Å²) in [6, 6.07) is 10.4. The summed E-state index contributed by atoms with van der Waals surface area (Å²) >= 11 is 8.76. The molecule has 100 valence electrons.